The Kier molecular flexibility index (Phi) is 6.33. The average Bonchev–Trinajstić information content (AvgIpc) is 2.08. The first kappa shape index (κ1) is 14.6. The number of hydrogen-bond donors (Lipinski definition) is 1. The van der Waals surface area contributed by atoms with Crippen molar-refractivity contribution in [2.24, 2.45) is 0 Å². The predicted octanol–water partition coefficient (Wildman–Crippen LogP) is 2.36. The van der Waals surface area contributed by atoms with Crippen molar-refractivity contribution in [1.29, 1.82) is 0 Å². The fourth-order valence-electron chi connectivity index (χ4n) is 0.593. The summed E-state index contributed by atoms with van der Waals surface area (Å²) in [5.41, 5.74) is 0. The topological polar surface area (TPSA) is 0 Å². The fraction of sp³-hybridized carbons (Fsp3) is 0. The number of thiol groups is 1. The molecule has 0 unspecified atom stereocenters. The molecule has 1 aromatic carbocycles. The number of benzene rings is 1. The van der Waals surface area contributed by atoms with Crippen LogP contribution in [0.15, 0.2) is 4.90 Å². The van der Waals surface area contributed by atoms with E-state index in [0.717, 1.165) is 0 Å². The van der Waals surface area contributed by atoms with Gasteiger partial charge in [0.25, 0.3) is 0 Å². The van der Waals surface area contributed by atoms with Gasteiger partial charge in [0.2, 0.25) is 0 Å². The second-order valence-corrected chi connectivity index (χ2v) is 4.26. The molecule has 0 radical (unpaired) electrons. The molecule has 1 rings (SSSR count). The van der Waals surface area contributed by atoms with E-state index in [1.807, 2.05) is 0 Å². The molecule has 0 saturated carbocycles. The molecule has 0 aliphatic heterocycles. The van der Waals surface area contributed by atoms with E-state index in [1.54, 1.807) is 0 Å². The standard InChI is InChI=1S/C6HCl5S.Li.H/c7-1-2(8)4(10)6(12)5(11)3(1)9;;/h12H;;/q;+1;-1. The van der Waals surface area contributed by atoms with Gasteiger partial charge >= 0.3 is 18.9 Å². The SMILES string of the molecule is Sc1c(Cl)c(Cl)c(Cl)c(Cl)c1Cl.[H-].[Li+]. The molecule has 1 aromatic rings. The van der Waals surface area contributed by atoms with Crippen molar-refractivity contribution in [2.75, 3.05) is 0 Å². The molecule has 0 saturated heterocycles. The molecule has 0 bridgehead atoms. The zero-order chi connectivity index (χ0) is 9.46. The Hall–Kier alpha value is 1.62. The van der Waals surface area contributed by atoms with Crippen molar-refractivity contribution in [1.82, 2.24) is 0 Å². The van der Waals surface area contributed by atoms with E-state index in [2.05, 4.69) is 12.6 Å². The van der Waals surface area contributed by atoms with Crippen LogP contribution in [0.2, 0.25) is 25.1 Å². The monoisotopic (exact) mass is 288 g/mol. The van der Waals surface area contributed by atoms with Crippen molar-refractivity contribution in [2.45, 2.75) is 4.90 Å². The third-order valence-corrected chi connectivity index (χ3v) is 4.17. The molecular formula is C6H2Cl5LiS. The summed E-state index contributed by atoms with van der Waals surface area (Å²) in [6.07, 6.45) is 0. The molecule has 0 heterocycles. The number of halogens is 5. The first-order chi connectivity index (χ1) is 5.46. The predicted molar refractivity (Wildman–Crippen MR) is 59.9 cm³/mol. The molecule has 0 aromatic heterocycles. The zero-order valence-electron chi connectivity index (χ0n) is 7.34. The molecule has 0 aliphatic rings. The zero-order valence-corrected chi connectivity index (χ0v) is 11.0. The van der Waals surface area contributed by atoms with Gasteiger partial charge in [0, 0.05) is 4.90 Å². The first-order valence-corrected chi connectivity index (χ1v) is 5.01. The molecule has 0 amide bonds. The molecule has 0 fully saturated rings. The van der Waals surface area contributed by atoms with Crippen molar-refractivity contribution in [3.63, 3.8) is 0 Å². The van der Waals surface area contributed by atoms with E-state index in [1.165, 1.54) is 0 Å². The van der Waals surface area contributed by atoms with Crippen LogP contribution >= 0.6 is 70.6 Å². The van der Waals surface area contributed by atoms with Crippen LogP contribution in [0.25, 0.3) is 0 Å². The van der Waals surface area contributed by atoms with Gasteiger partial charge < -0.3 is 1.43 Å². The van der Waals surface area contributed by atoms with Crippen molar-refractivity contribution in [3.8, 4) is 0 Å². The molecule has 0 N–H and O–H groups in total. The summed E-state index contributed by atoms with van der Waals surface area (Å²) in [5.74, 6) is 0. The van der Waals surface area contributed by atoms with E-state index in [4.69, 9.17) is 58.0 Å². The third kappa shape index (κ3) is 2.80. The van der Waals surface area contributed by atoms with Gasteiger partial charge in [-0.05, 0) is 0 Å². The van der Waals surface area contributed by atoms with E-state index in [0.29, 0.717) is 4.90 Å². The average molecular weight is 290 g/mol. The van der Waals surface area contributed by atoms with Gasteiger partial charge in [-0.25, -0.2) is 0 Å². The molecular weight excluding hydrogens is 288 g/mol. The van der Waals surface area contributed by atoms with E-state index < -0.39 is 0 Å². The summed E-state index contributed by atoms with van der Waals surface area (Å²) in [6.45, 7) is 0. The Labute approximate surface area is 120 Å². The van der Waals surface area contributed by atoms with Gasteiger partial charge in [0.15, 0.2) is 0 Å². The van der Waals surface area contributed by atoms with Crippen LogP contribution in [-0.2, 0) is 0 Å². The Morgan fingerprint density at radius 1 is 0.692 bits per heavy atom. The number of hydrogen-bond acceptors (Lipinski definition) is 1. The van der Waals surface area contributed by atoms with Crippen LogP contribution in [0.1, 0.15) is 1.43 Å². The summed E-state index contributed by atoms with van der Waals surface area (Å²) in [6, 6.07) is 0. The van der Waals surface area contributed by atoms with E-state index in [-0.39, 0.29) is 45.4 Å². The third-order valence-electron chi connectivity index (χ3n) is 1.19. The van der Waals surface area contributed by atoms with Crippen LogP contribution in [0.4, 0.5) is 0 Å². The van der Waals surface area contributed by atoms with Crippen LogP contribution in [0.3, 0.4) is 0 Å². The van der Waals surface area contributed by atoms with Crippen LogP contribution < -0.4 is 18.9 Å². The minimum absolute atomic E-state index is 0. The molecule has 0 atom stereocenters. The van der Waals surface area contributed by atoms with Crippen LogP contribution in [-0.4, -0.2) is 0 Å². The van der Waals surface area contributed by atoms with Gasteiger partial charge in [-0.1, -0.05) is 58.0 Å². The first-order valence-electron chi connectivity index (χ1n) is 2.67. The fourth-order valence-corrected chi connectivity index (χ4v) is 2.09. The van der Waals surface area contributed by atoms with Crippen molar-refractivity contribution < 1.29 is 20.3 Å². The van der Waals surface area contributed by atoms with Gasteiger partial charge in [0.1, 0.15) is 0 Å². The summed E-state index contributed by atoms with van der Waals surface area (Å²) >= 11 is 32.6. The maximum Gasteiger partial charge on any atom is 1.00 e. The molecule has 0 aliphatic carbocycles. The second kappa shape index (κ2) is 5.63. The molecule has 13 heavy (non-hydrogen) atoms. The maximum atomic E-state index is 5.72. The van der Waals surface area contributed by atoms with E-state index in [9.17, 15) is 0 Å². The minimum atomic E-state index is 0. The maximum absolute atomic E-state index is 5.72. The molecule has 0 nitrogen and oxygen atoms in total. The number of rotatable bonds is 0. The quantitative estimate of drug-likeness (QED) is 0.322. The smallest absolute Gasteiger partial charge is 1.00 e. The molecule has 7 heteroatoms. The van der Waals surface area contributed by atoms with Crippen molar-refractivity contribution in [3.05, 3.63) is 25.1 Å². The van der Waals surface area contributed by atoms with E-state index >= 15 is 0 Å². The van der Waals surface area contributed by atoms with Gasteiger partial charge in [0.05, 0.1) is 25.1 Å². The summed E-state index contributed by atoms with van der Waals surface area (Å²) in [7, 11) is 0. The summed E-state index contributed by atoms with van der Waals surface area (Å²) in [4.78, 5) is 0.331. The Morgan fingerprint density at radius 3 is 1.23 bits per heavy atom. The van der Waals surface area contributed by atoms with Crippen LogP contribution in [0.5, 0.6) is 0 Å². The van der Waals surface area contributed by atoms with Gasteiger partial charge in [-0.15, -0.1) is 12.6 Å². The molecule has 68 valence electrons. The Bertz CT molecular complexity index is 240. The summed E-state index contributed by atoms with van der Waals surface area (Å²) < 4.78 is 0. The largest absolute Gasteiger partial charge is 1.00 e. The van der Waals surface area contributed by atoms with Gasteiger partial charge in [-0.2, -0.15) is 0 Å². The molecule has 0 spiro atoms. The van der Waals surface area contributed by atoms with Crippen LogP contribution in [0, 0.1) is 0 Å². The Balaban J connectivity index is 0. The van der Waals surface area contributed by atoms with Gasteiger partial charge in [-0.3, -0.25) is 0 Å². The second-order valence-electron chi connectivity index (χ2n) is 1.92. The minimum Gasteiger partial charge on any atom is -1.00 e. The van der Waals surface area contributed by atoms with Crippen molar-refractivity contribution >= 4 is 70.6 Å². The normalized spacial score (nSPS) is 9.69. The summed E-state index contributed by atoms with van der Waals surface area (Å²) in [5, 5.41) is 0.889. The Morgan fingerprint density at radius 2 is 0.923 bits per heavy atom.